The van der Waals surface area contributed by atoms with E-state index < -0.39 is 0 Å². The van der Waals surface area contributed by atoms with E-state index in [0.717, 1.165) is 0 Å². The van der Waals surface area contributed by atoms with Gasteiger partial charge in [-0.25, -0.2) is 0 Å². The number of rotatable bonds is 2. The van der Waals surface area contributed by atoms with Crippen molar-refractivity contribution in [2.45, 2.75) is 6.92 Å². The molecule has 0 saturated heterocycles. The lowest BCUT2D eigenvalue weighted by atomic mass is 10.7. The molecule has 0 unspecified atom stereocenters. The van der Waals surface area contributed by atoms with Gasteiger partial charge in [-0.2, -0.15) is 4.58 Å². The van der Waals surface area contributed by atoms with Crippen molar-refractivity contribution in [3.8, 4) is 0 Å². The second-order valence-electron chi connectivity index (χ2n) is 1.21. The molecule has 0 aromatic rings. The maximum atomic E-state index is 8.28. The molecule has 0 bridgehead atoms. The highest BCUT2D eigenvalue weighted by molar-refractivity contribution is 5.15. The summed E-state index contributed by atoms with van der Waals surface area (Å²) in [6.45, 7) is 5.29. The Hall–Kier alpha value is -0.630. The van der Waals surface area contributed by atoms with Gasteiger partial charge in [-0.15, -0.1) is 0 Å². The van der Waals surface area contributed by atoms with Gasteiger partial charge in [0.05, 0.1) is 0 Å². The van der Waals surface area contributed by atoms with Crippen LogP contribution in [0.4, 0.5) is 0 Å². The fraction of sp³-hybridized carbons (Fsp3) is 0.400. The Bertz CT molecular complexity index is 86.1. The molecule has 0 saturated carbocycles. The minimum Gasteiger partial charge on any atom is -0.339 e. The van der Waals surface area contributed by atoms with Gasteiger partial charge in [0.2, 0.25) is 6.73 Å². The maximum absolute atomic E-state index is 8.28. The molecule has 7 heavy (non-hydrogen) atoms. The maximum Gasteiger partial charge on any atom is 0.249 e. The molecule has 0 aliphatic heterocycles. The molecule has 0 aliphatic rings. The van der Waals surface area contributed by atoms with Crippen LogP contribution in [-0.2, 0) is 0 Å². The number of aliphatic hydroxyl groups excluding tert-OH is 1. The lowest BCUT2D eigenvalue weighted by Crippen LogP contribution is -2.00. The van der Waals surface area contributed by atoms with Crippen LogP contribution in [0.3, 0.4) is 0 Å². The van der Waals surface area contributed by atoms with Gasteiger partial charge in [0, 0.05) is 0 Å². The van der Waals surface area contributed by atoms with Gasteiger partial charge in [0.25, 0.3) is 0 Å². The first-order valence-corrected chi connectivity index (χ1v) is 2.12. The summed E-state index contributed by atoms with van der Waals surface area (Å²) < 4.78 is 1.43. The van der Waals surface area contributed by atoms with Gasteiger partial charge in [-0.1, -0.05) is 0 Å². The Morgan fingerprint density at radius 1 is 1.86 bits per heavy atom. The first-order valence-electron chi connectivity index (χ1n) is 2.12. The zero-order valence-corrected chi connectivity index (χ0v) is 4.46. The molecule has 0 radical (unpaired) electrons. The van der Waals surface area contributed by atoms with Crippen LogP contribution in [0.5, 0.6) is 0 Å². The minimum atomic E-state index is -0.0235. The van der Waals surface area contributed by atoms with Crippen molar-refractivity contribution in [1.29, 1.82) is 0 Å². The second kappa shape index (κ2) is 3.56. The number of hydrogen-bond donors (Lipinski definition) is 1. The molecule has 0 heterocycles. The van der Waals surface area contributed by atoms with Crippen LogP contribution in [0.1, 0.15) is 6.92 Å². The zero-order valence-electron chi connectivity index (χ0n) is 4.46. The summed E-state index contributed by atoms with van der Waals surface area (Å²) in [6, 6.07) is 0. The van der Waals surface area contributed by atoms with Crippen LogP contribution in [0, 0.1) is 0 Å². The SMILES string of the molecule is C=[N+](/C=C\C)CO. The standard InChI is InChI=1S/C5H10NO/c1-3-4-6(2)5-7/h3-4,7H,2,5H2,1H3/q+1/b4-3-. The fourth-order valence-electron chi connectivity index (χ4n) is 0.258. The molecular formula is C5H10NO+. The quantitative estimate of drug-likeness (QED) is 0.299. The van der Waals surface area contributed by atoms with Gasteiger partial charge in [0.15, 0.2) is 6.20 Å². The molecule has 1 N–H and O–H groups in total. The summed E-state index contributed by atoms with van der Waals surface area (Å²) >= 11 is 0. The van der Waals surface area contributed by atoms with Gasteiger partial charge in [-0.05, 0) is 13.0 Å². The van der Waals surface area contributed by atoms with E-state index in [4.69, 9.17) is 5.11 Å². The van der Waals surface area contributed by atoms with E-state index in [1.807, 2.05) is 13.0 Å². The monoisotopic (exact) mass is 100 g/mol. The van der Waals surface area contributed by atoms with Crippen LogP contribution in [-0.4, -0.2) is 23.1 Å². The van der Waals surface area contributed by atoms with Gasteiger partial charge in [-0.3, -0.25) is 0 Å². The van der Waals surface area contributed by atoms with Crippen LogP contribution in [0.15, 0.2) is 12.3 Å². The van der Waals surface area contributed by atoms with Crippen molar-refractivity contribution < 1.29 is 9.68 Å². The molecule has 0 aromatic carbocycles. The predicted octanol–water partition coefficient (Wildman–Crippen LogP) is 0.183. The van der Waals surface area contributed by atoms with Crippen molar-refractivity contribution >= 4 is 6.72 Å². The minimum absolute atomic E-state index is 0.0235. The van der Waals surface area contributed by atoms with Gasteiger partial charge >= 0.3 is 0 Å². The van der Waals surface area contributed by atoms with Crippen molar-refractivity contribution in [2.24, 2.45) is 0 Å². The summed E-state index contributed by atoms with van der Waals surface area (Å²) in [7, 11) is 0. The Morgan fingerprint density at radius 2 is 2.43 bits per heavy atom. The first-order chi connectivity index (χ1) is 3.31. The molecule has 2 heteroatoms. The molecule has 40 valence electrons. The number of allylic oxidation sites excluding steroid dienone is 1. The summed E-state index contributed by atoms with van der Waals surface area (Å²) in [5.74, 6) is 0. The molecular weight excluding hydrogens is 90.1 g/mol. The van der Waals surface area contributed by atoms with Crippen LogP contribution in [0.25, 0.3) is 0 Å². The predicted molar refractivity (Wildman–Crippen MR) is 29.3 cm³/mol. The Labute approximate surface area is 43.4 Å². The van der Waals surface area contributed by atoms with Crippen molar-refractivity contribution in [3.63, 3.8) is 0 Å². The third-order valence-electron chi connectivity index (χ3n) is 0.542. The number of aliphatic hydroxyl groups is 1. The smallest absolute Gasteiger partial charge is 0.249 e. The highest BCUT2D eigenvalue weighted by Crippen LogP contribution is 1.69. The molecule has 0 rings (SSSR count). The molecule has 0 atom stereocenters. The molecule has 0 spiro atoms. The van der Waals surface area contributed by atoms with Crippen LogP contribution < -0.4 is 0 Å². The zero-order chi connectivity index (χ0) is 5.70. The average Bonchev–Trinajstić information content (AvgIpc) is 1.68. The topological polar surface area (TPSA) is 23.2 Å². The number of hydrogen-bond acceptors (Lipinski definition) is 1. The summed E-state index contributed by atoms with van der Waals surface area (Å²) in [4.78, 5) is 0. The molecule has 0 aliphatic carbocycles. The van der Waals surface area contributed by atoms with Gasteiger partial charge < -0.3 is 5.11 Å². The average molecular weight is 100 g/mol. The van der Waals surface area contributed by atoms with E-state index in [-0.39, 0.29) is 6.73 Å². The lowest BCUT2D eigenvalue weighted by Gasteiger charge is -1.81. The van der Waals surface area contributed by atoms with Gasteiger partial charge in [0.1, 0.15) is 6.72 Å². The van der Waals surface area contributed by atoms with E-state index >= 15 is 0 Å². The highest BCUT2D eigenvalue weighted by atomic mass is 16.3. The molecule has 0 amide bonds. The van der Waals surface area contributed by atoms with E-state index in [0.29, 0.717) is 0 Å². The largest absolute Gasteiger partial charge is 0.339 e. The third-order valence-corrected chi connectivity index (χ3v) is 0.542. The fourth-order valence-corrected chi connectivity index (χ4v) is 0.258. The van der Waals surface area contributed by atoms with Crippen molar-refractivity contribution in [1.82, 2.24) is 0 Å². The van der Waals surface area contributed by atoms with E-state index in [9.17, 15) is 0 Å². The van der Waals surface area contributed by atoms with E-state index in [1.165, 1.54) is 4.58 Å². The van der Waals surface area contributed by atoms with Crippen LogP contribution in [0.2, 0.25) is 0 Å². The Balaban J connectivity index is 3.37. The normalized spacial score (nSPS) is 10.0. The van der Waals surface area contributed by atoms with Crippen LogP contribution >= 0.6 is 0 Å². The third kappa shape index (κ3) is 3.19. The second-order valence-corrected chi connectivity index (χ2v) is 1.21. The molecule has 0 aromatic heterocycles. The van der Waals surface area contributed by atoms with E-state index in [1.54, 1.807) is 6.20 Å². The number of nitrogens with zero attached hydrogens (tertiary/aromatic N) is 1. The van der Waals surface area contributed by atoms with Crippen molar-refractivity contribution in [3.05, 3.63) is 12.3 Å². The van der Waals surface area contributed by atoms with Crippen molar-refractivity contribution in [2.75, 3.05) is 6.73 Å². The first kappa shape index (κ1) is 6.37. The summed E-state index contributed by atoms with van der Waals surface area (Å²) in [5.41, 5.74) is 0. The lowest BCUT2D eigenvalue weighted by molar-refractivity contribution is -0.491. The molecule has 0 fully saturated rings. The molecule has 2 nitrogen and oxygen atoms in total. The Kier molecular flexibility index (Phi) is 3.24. The highest BCUT2D eigenvalue weighted by Gasteiger charge is 1.82. The summed E-state index contributed by atoms with van der Waals surface area (Å²) in [5, 5.41) is 8.28. The van der Waals surface area contributed by atoms with E-state index in [2.05, 4.69) is 6.72 Å². The Morgan fingerprint density at radius 3 is 2.57 bits per heavy atom. The summed E-state index contributed by atoms with van der Waals surface area (Å²) in [6.07, 6.45) is 3.50.